The largest absolute Gasteiger partial charge is 0.516 e. The molecule has 0 saturated heterocycles. The third-order valence-corrected chi connectivity index (χ3v) is 5.25. The highest BCUT2D eigenvalue weighted by Gasteiger charge is 2.46. The van der Waals surface area contributed by atoms with Crippen LogP contribution in [0.4, 0.5) is 18.9 Å². The zero-order valence-corrected chi connectivity index (χ0v) is 17.6. The summed E-state index contributed by atoms with van der Waals surface area (Å²) in [6.07, 6.45) is 0. The van der Waals surface area contributed by atoms with E-state index in [-0.39, 0.29) is 34.5 Å². The average molecular weight is 469 g/mol. The minimum atomic E-state index is -5.61. The lowest BCUT2D eigenvalue weighted by atomic mass is 9.99. The first-order valence-corrected chi connectivity index (χ1v) is 10.5. The van der Waals surface area contributed by atoms with Gasteiger partial charge in [0.25, 0.3) is 0 Å². The van der Waals surface area contributed by atoms with Crippen LogP contribution in [0.1, 0.15) is 25.0 Å². The maximum Gasteiger partial charge on any atom is 0.516 e. The highest BCUT2D eigenvalue weighted by molar-refractivity contribution is 7.93. The lowest BCUT2D eigenvalue weighted by Gasteiger charge is -2.17. The van der Waals surface area contributed by atoms with Gasteiger partial charge in [0.15, 0.2) is 0 Å². The maximum absolute atomic E-state index is 12.8. The number of nitrogens with one attached hydrogen (secondary N) is 1. The Hall–Kier alpha value is -1.97. The highest BCUT2D eigenvalue weighted by Crippen LogP contribution is 2.30. The molecule has 0 unspecified atom stereocenters. The summed E-state index contributed by atoms with van der Waals surface area (Å²) in [7, 11) is -5.61. The number of oxime groups is 1. The zero-order valence-electron chi connectivity index (χ0n) is 15.3. The van der Waals surface area contributed by atoms with E-state index in [9.17, 15) is 21.6 Å². The average Bonchev–Trinajstić information content (AvgIpc) is 2.60. The van der Waals surface area contributed by atoms with Crippen LogP contribution in [0.3, 0.4) is 0 Å². The quantitative estimate of drug-likeness (QED) is 0.410. The van der Waals surface area contributed by atoms with Crippen molar-refractivity contribution in [1.29, 1.82) is 0 Å². The molecule has 0 amide bonds. The summed E-state index contributed by atoms with van der Waals surface area (Å²) in [5.74, 6) is -0.312. The number of rotatable bonds is 7. The summed E-state index contributed by atoms with van der Waals surface area (Å²) in [4.78, 5) is 5.33. The molecule has 0 atom stereocenters. The van der Waals surface area contributed by atoms with Crippen LogP contribution in [-0.2, 0) is 21.5 Å². The number of benzene rings is 2. The van der Waals surface area contributed by atoms with Gasteiger partial charge in [-0.3, -0.25) is 4.72 Å². The van der Waals surface area contributed by atoms with E-state index in [0.29, 0.717) is 5.02 Å². The summed E-state index contributed by atoms with van der Waals surface area (Å²) in [6, 6.07) is 10.5. The molecule has 11 heteroatoms. The molecule has 0 aromatic heterocycles. The van der Waals surface area contributed by atoms with Crippen molar-refractivity contribution in [3.63, 3.8) is 0 Å². The van der Waals surface area contributed by atoms with Crippen LogP contribution < -0.4 is 4.72 Å². The Bertz CT molecular complexity index is 992. The van der Waals surface area contributed by atoms with Gasteiger partial charge in [-0.05, 0) is 41.8 Å². The number of nitrogens with zero attached hydrogens (tertiary/aromatic N) is 1. The van der Waals surface area contributed by atoms with E-state index in [4.69, 9.17) is 28.0 Å². The molecule has 0 aliphatic carbocycles. The van der Waals surface area contributed by atoms with E-state index in [2.05, 4.69) is 5.16 Å². The van der Waals surface area contributed by atoms with Gasteiger partial charge >= 0.3 is 15.5 Å². The molecule has 0 heterocycles. The van der Waals surface area contributed by atoms with E-state index >= 15 is 0 Å². The topological polar surface area (TPSA) is 67.8 Å². The van der Waals surface area contributed by atoms with Gasteiger partial charge in [0.1, 0.15) is 6.61 Å². The van der Waals surface area contributed by atoms with Crippen molar-refractivity contribution >= 4 is 44.6 Å². The fraction of sp³-hybridized carbons (Fsp3) is 0.278. The second-order valence-corrected chi connectivity index (χ2v) is 8.82. The van der Waals surface area contributed by atoms with Gasteiger partial charge in [0.2, 0.25) is 0 Å². The second-order valence-electron chi connectivity index (χ2n) is 6.27. The number of halogens is 5. The molecule has 2 aromatic rings. The van der Waals surface area contributed by atoms with Crippen molar-refractivity contribution in [2.75, 3.05) is 4.72 Å². The van der Waals surface area contributed by atoms with Gasteiger partial charge < -0.3 is 4.84 Å². The third-order valence-electron chi connectivity index (χ3n) is 3.66. The smallest absolute Gasteiger partial charge is 0.391 e. The van der Waals surface area contributed by atoms with Gasteiger partial charge in [-0.2, -0.15) is 21.6 Å². The van der Waals surface area contributed by atoms with Crippen molar-refractivity contribution in [3.8, 4) is 0 Å². The minimum absolute atomic E-state index is 0.0800. The van der Waals surface area contributed by atoms with Gasteiger partial charge in [-0.25, -0.2) is 0 Å². The molecule has 0 bridgehead atoms. The van der Waals surface area contributed by atoms with Gasteiger partial charge in [-0.1, -0.05) is 54.3 Å². The van der Waals surface area contributed by atoms with Crippen LogP contribution in [0.5, 0.6) is 0 Å². The first-order chi connectivity index (χ1) is 13.4. The number of anilines is 1. The first-order valence-electron chi connectivity index (χ1n) is 8.24. The summed E-state index contributed by atoms with van der Waals surface area (Å²) in [5, 5.41) is 4.77. The van der Waals surface area contributed by atoms with Crippen LogP contribution >= 0.6 is 23.2 Å². The molecule has 0 saturated carbocycles. The molecule has 0 spiro atoms. The van der Waals surface area contributed by atoms with E-state index in [1.807, 2.05) is 0 Å². The van der Waals surface area contributed by atoms with Crippen LogP contribution in [0, 0.1) is 5.92 Å². The van der Waals surface area contributed by atoms with Gasteiger partial charge in [0.05, 0.1) is 11.4 Å². The Morgan fingerprint density at radius 2 is 1.69 bits per heavy atom. The summed E-state index contributed by atoms with van der Waals surface area (Å²) in [6.45, 7) is 3.54. The molecule has 158 valence electrons. The predicted molar refractivity (Wildman–Crippen MR) is 108 cm³/mol. The first kappa shape index (κ1) is 23.3. The summed E-state index contributed by atoms with van der Waals surface area (Å²) < 4.78 is 62.9. The Morgan fingerprint density at radius 1 is 1.10 bits per heavy atom. The normalized spacial score (nSPS) is 12.9. The molecular formula is C18H17Cl2F3N2O3S. The molecule has 0 aliphatic rings. The van der Waals surface area contributed by atoms with Crippen molar-refractivity contribution in [2.45, 2.75) is 26.0 Å². The molecule has 2 rings (SSSR count). The van der Waals surface area contributed by atoms with Gasteiger partial charge in [0, 0.05) is 15.6 Å². The monoisotopic (exact) mass is 468 g/mol. The van der Waals surface area contributed by atoms with Crippen molar-refractivity contribution in [1.82, 2.24) is 0 Å². The summed E-state index contributed by atoms with van der Waals surface area (Å²) in [5.41, 5.74) is -4.71. The third kappa shape index (κ3) is 6.25. The molecular weight excluding hydrogens is 452 g/mol. The van der Waals surface area contributed by atoms with Crippen molar-refractivity contribution < 1.29 is 26.4 Å². The van der Waals surface area contributed by atoms with Crippen LogP contribution in [-0.4, -0.2) is 19.6 Å². The lowest BCUT2D eigenvalue weighted by Crippen LogP contribution is -2.30. The Balaban J connectivity index is 2.36. The number of hydrogen-bond acceptors (Lipinski definition) is 4. The van der Waals surface area contributed by atoms with E-state index in [1.54, 1.807) is 42.8 Å². The number of sulfonamides is 1. The van der Waals surface area contributed by atoms with Crippen LogP contribution in [0.2, 0.25) is 10.0 Å². The van der Waals surface area contributed by atoms with Crippen molar-refractivity contribution in [2.24, 2.45) is 11.1 Å². The standard InChI is InChI=1S/C18H17Cl2F3N2O3S/c1-11(2)17(24-28-10-12-3-5-13(19)6-4-12)15-9-14(20)7-8-16(15)25-29(26,27)18(21,22)23/h3-9,11,25H,10H2,1-2H3/b24-17+. The molecule has 1 N–H and O–H groups in total. The fourth-order valence-corrected chi connectivity index (χ4v) is 3.12. The molecule has 0 fully saturated rings. The summed E-state index contributed by atoms with van der Waals surface area (Å²) >= 11 is 11.8. The Morgan fingerprint density at radius 3 is 2.24 bits per heavy atom. The number of hydrogen-bond donors (Lipinski definition) is 1. The molecule has 2 aromatic carbocycles. The van der Waals surface area contributed by atoms with E-state index < -0.39 is 15.5 Å². The van der Waals surface area contributed by atoms with Crippen LogP contribution in [0.25, 0.3) is 0 Å². The lowest BCUT2D eigenvalue weighted by molar-refractivity contribution is -0.0429. The predicted octanol–water partition coefficient (Wildman–Crippen LogP) is 5.83. The van der Waals surface area contributed by atoms with E-state index in [1.165, 1.54) is 12.1 Å². The van der Waals surface area contributed by atoms with E-state index in [0.717, 1.165) is 11.6 Å². The van der Waals surface area contributed by atoms with Gasteiger partial charge in [-0.15, -0.1) is 0 Å². The maximum atomic E-state index is 12.8. The minimum Gasteiger partial charge on any atom is -0.391 e. The molecule has 0 radical (unpaired) electrons. The highest BCUT2D eigenvalue weighted by atomic mass is 35.5. The van der Waals surface area contributed by atoms with Crippen LogP contribution in [0.15, 0.2) is 47.6 Å². The zero-order chi connectivity index (χ0) is 21.8. The molecule has 0 aliphatic heterocycles. The fourth-order valence-electron chi connectivity index (χ4n) is 2.24. The Kier molecular flexibility index (Phi) is 7.42. The Labute approximate surface area is 176 Å². The number of alkyl halides is 3. The second kappa shape index (κ2) is 9.23. The SMILES string of the molecule is CC(C)/C(=N\OCc1ccc(Cl)cc1)c1cc(Cl)ccc1NS(=O)(=O)C(F)(F)F. The molecule has 29 heavy (non-hydrogen) atoms. The van der Waals surface area contributed by atoms with Crippen molar-refractivity contribution in [3.05, 3.63) is 63.6 Å². The molecule has 5 nitrogen and oxygen atoms in total.